The normalized spacial score (nSPS) is 9.90. The highest BCUT2D eigenvalue weighted by molar-refractivity contribution is 5.83. The van der Waals surface area contributed by atoms with Crippen molar-refractivity contribution in [2.45, 2.75) is 0 Å². The van der Waals surface area contributed by atoms with Gasteiger partial charge in [0.15, 0.2) is 0 Å². The summed E-state index contributed by atoms with van der Waals surface area (Å²) in [6.45, 7) is 0. The Balaban J connectivity index is 2.02. The Morgan fingerprint density at radius 2 is 1.52 bits per heavy atom. The van der Waals surface area contributed by atoms with E-state index in [1.807, 2.05) is 42.5 Å². The third-order valence-corrected chi connectivity index (χ3v) is 3.19. The van der Waals surface area contributed by atoms with Gasteiger partial charge in [0, 0.05) is 11.6 Å². The topological polar surface area (TPSA) is 43.1 Å². The van der Waals surface area contributed by atoms with Gasteiger partial charge in [-0.25, -0.2) is 0 Å². The highest BCUT2D eigenvalue weighted by atomic mass is 16.6. The maximum Gasteiger partial charge on any atom is 0.284 e. The Bertz CT molecular complexity index is 888. The lowest BCUT2D eigenvalue weighted by Gasteiger charge is -1.97. The van der Waals surface area contributed by atoms with E-state index in [4.69, 9.17) is 0 Å². The quantitative estimate of drug-likeness (QED) is 0.380. The molecule has 0 aliphatic heterocycles. The van der Waals surface area contributed by atoms with E-state index in [1.165, 1.54) is 6.07 Å². The van der Waals surface area contributed by atoms with Crippen LogP contribution in [0.5, 0.6) is 0 Å². The predicted octanol–water partition coefficient (Wildman–Crippen LogP) is 4.15. The third kappa shape index (κ3) is 2.75. The van der Waals surface area contributed by atoms with Crippen LogP contribution in [0.3, 0.4) is 0 Å². The minimum atomic E-state index is -0.412. The average molecular weight is 273 g/mol. The van der Waals surface area contributed by atoms with Crippen molar-refractivity contribution in [1.29, 1.82) is 0 Å². The van der Waals surface area contributed by atoms with Crippen LogP contribution in [-0.4, -0.2) is 4.92 Å². The highest BCUT2D eigenvalue weighted by Gasteiger charge is 2.09. The van der Waals surface area contributed by atoms with E-state index in [9.17, 15) is 10.1 Å². The van der Waals surface area contributed by atoms with Crippen LogP contribution in [0, 0.1) is 22.0 Å². The Hall–Kier alpha value is -3.12. The van der Waals surface area contributed by atoms with Gasteiger partial charge in [-0.2, -0.15) is 0 Å². The molecule has 0 aromatic heterocycles. The molecule has 0 aliphatic carbocycles. The summed E-state index contributed by atoms with van der Waals surface area (Å²) in [5.41, 5.74) is 1.30. The minimum absolute atomic E-state index is 0.0331. The molecule has 0 radical (unpaired) electrons. The van der Waals surface area contributed by atoms with Gasteiger partial charge in [-0.15, -0.1) is 0 Å². The standard InChI is InChI=1S/C18H11NO2/c20-19(21)18-8-4-3-6-16(18)12-10-14-9-11-15-5-1-2-7-17(15)13-14/h1-9,11,13H. The molecule has 0 heterocycles. The van der Waals surface area contributed by atoms with Gasteiger partial charge in [0.25, 0.3) is 5.69 Å². The average Bonchev–Trinajstić information content (AvgIpc) is 2.53. The molecule has 3 heteroatoms. The predicted molar refractivity (Wildman–Crippen MR) is 83.0 cm³/mol. The Morgan fingerprint density at radius 1 is 0.810 bits per heavy atom. The second-order valence-corrected chi connectivity index (χ2v) is 4.59. The van der Waals surface area contributed by atoms with Crippen molar-refractivity contribution < 1.29 is 4.92 Å². The molecule has 0 spiro atoms. The van der Waals surface area contributed by atoms with Crippen molar-refractivity contribution in [3.05, 3.63) is 88.0 Å². The molecule has 3 aromatic carbocycles. The van der Waals surface area contributed by atoms with Crippen LogP contribution in [0.2, 0.25) is 0 Å². The number of para-hydroxylation sites is 1. The van der Waals surface area contributed by atoms with Crippen LogP contribution in [-0.2, 0) is 0 Å². The van der Waals surface area contributed by atoms with E-state index >= 15 is 0 Å². The number of nitro groups is 1. The Labute approximate surface area is 122 Å². The van der Waals surface area contributed by atoms with Gasteiger partial charge in [-0.05, 0) is 29.0 Å². The largest absolute Gasteiger partial charge is 0.284 e. The number of benzene rings is 3. The summed E-state index contributed by atoms with van der Waals surface area (Å²) in [5, 5.41) is 13.2. The maximum atomic E-state index is 10.9. The Kier molecular flexibility index (Phi) is 3.36. The van der Waals surface area contributed by atoms with Crippen LogP contribution in [0.1, 0.15) is 11.1 Å². The number of nitro benzene ring substituents is 1. The van der Waals surface area contributed by atoms with Crippen LogP contribution < -0.4 is 0 Å². The number of hydrogen-bond donors (Lipinski definition) is 0. The molecule has 3 rings (SSSR count). The molecular weight excluding hydrogens is 262 g/mol. The molecule has 21 heavy (non-hydrogen) atoms. The van der Waals surface area contributed by atoms with E-state index in [0.717, 1.165) is 16.3 Å². The first-order valence-electron chi connectivity index (χ1n) is 6.48. The summed E-state index contributed by atoms with van der Waals surface area (Å²) < 4.78 is 0. The van der Waals surface area contributed by atoms with Crippen LogP contribution >= 0.6 is 0 Å². The molecule has 0 saturated carbocycles. The molecule has 0 aliphatic rings. The van der Waals surface area contributed by atoms with E-state index in [-0.39, 0.29) is 5.69 Å². The van der Waals surface area contributed by atoms with Gasteiger partial charge in [-0.3, -0.25) is 10.1 Å². The molecule has 0 saturated heterocycles. The zero-order valence-electron chi connectivity index (χ0n) is 11.1. The van der Waals surface area contributed by atoms with Gasteiger partial charge in [-0.1, -0.05) is 54.3 Å². The zero-order chi connectivity index (χ0) is 14.7. The maximum absolute atomic E-state index is 10.9. The first kappa shape index (κ1) is 12.9. The lowest BCUT2D eigenvalue weighted by molar-refractivity contribution is -0.385. The van der Waals surface area contributed by atoms with Crippen LogP contribution in [0.15, 0.2) is 66.7 Å². The van der Waals surface area contributed by atoms with Crippen molar-refractivity contribution in [3.8, 4) is 11.8 Å². The van der Waals surface area contributed by atoms with Gasteiger partial charge in [0.2, 0.25) is 0 Å². The smallest absolute Gasteiger partial charge is 0.258 e. The summed E-state index contributed by atoms with van der Waals surface area (Å²) in [6.07, 6.45) is 0. The minimum Gasteiger partial charge on any atom is -0.258 e. The molecule has 0 atom stereocenters. The second kappa shape index (κ2) is 5.48. The summed E-state index contributed by atoms with van der Waals surface area (Å²) in [6, 6.07) is 20.4. The zero-order valence-corrected chi connectivity index (χ0v) is 11.1. The molecule has 0 bridgehead atoms. The molecule has 0 amide bonds. The number of fused-ring (bicyclic) bond motifs is 1. The van der Waals surface area contributed by atoms with Gasteiger partial charge in [0.05, 0.1) is 4.92 Å². The van der Waals surface area contributed by atoms with Crippen LogP contribution in [0.4, 0.5) is 5.69 Å². The van der Waals surface area contributed by atoms with Crippen LogP contribution in [0.25, 0.3) is 10.8 Å². The Morgan fingerprint density at radius 3 is 2.33 bits per heavy atom. The fraction of sp³-hybridized carbons (Fsp3) is 0. The SMILES string of the molecule is O=[N+]([O-])c1ccccc1C#Cc1ccc2ccccc2c1. The van der Waals surface area contributed by atoms with E-state index in [1.54, 1.807) is 18.2 Å². The number of hydrogen-bond acceptors (Lipinski definition) is 2. The fourth-order valence-electron chi connectivity index (χ4n) is 2.15. The first-order chi connectivity index (χ1) is 10.2. The van der Waals surface area contributed by atoms with Crippen molar-refractivity contribution in [1.82, 2.24) is 0 Å². The lowest BCUT2D eigenvalue weighted by Crippen LogP contribution is -1.91. The number of nitrogens with zero attached hydrogens (tertiary/aromatic N) is 1. The fourth-order valence-corrected chi connectivity index (χ4v) is 2.15. The molecule has 0 N–H and O–H groups in total. The molecule has 3 aromatic rings. The third-order valence-electron chi connectivity index (χ3n) is 3.19. The summed E-state index contributed by atoms with van der Waals surface area (Å²) in [7, 11) is 0. The summed E-state index contributed by atoms with van der Waals surface area (Å²) in [4.78, 5) is 10.5. The van der Waals surface area contributed by atoms with E-state index < -0.39 is 4.92 Å². The van der Waals surface area contributed by atoms with Crippen molar-refractivity contribution in [2.24, 2.45) is 0 Å². The first-order valence-corrected chi connectivity index (χ1v) is 6.48. The molecule has 3 nitrogen and oxygen atoms in total. The second-order valence-electron chi connectivity index (χ2n) is 4.59. The van der Waals surface area contributed by atoms with E-state index in [2.05, 4.69) is 11.8 Å². The lowest BCUT2D eigenvalue weighted by atomic mass is 10.1. The summed E-state index contributed by atoms with van der Waals surface area (Å²) in [5.74, 6) is 5.88. The highest BCUT2D eigenvalue weighted by Crippen LogP contribution is 2.17. The molecule has 100 valence electrons. The van der Waals surface area contributed by atoms with Crippen molar-refractivity contribution in [2.75, 3.05) is 0 Å². The molecule has 0 fully saturated rings. The van der Waals surface area contributed by atoms with E-state index in [0.29, 0.717) is 5.56 Å². The van der Waals surface area contributed by atoms with Gasteiger partial charge in [0.1, 0.15) is 5.56 Å². The van der Waals surface area contributed by atoms with Crippen molar-refractivity contribution in [3.63, 3.8) is 0 Å². The molecule has 0 unspecified atom stereocenters. The van der Waals surface area contributed by atoms with Gasteiger partial charge < -0.3 is 0 Å². The monoisotopic (exact) mass is 273 g/mol. The van der Waals surface area contributed by atoms with Gasteiger partial charge >= 0.3 is 0 Å². The van der Waals surface area contributed by atoms with Crippen molar-refractivity contribution >= 4 is 16.5 Å². The summed E-state index contributed by atoms with van der Waals surface area (Å²) >= 11 is 0. The molecular formula is C18H11NO2. The number of rotatable bonds is 1.